The zero-order valence-electron chi connectivity index (χ0n) is 10.8. The molecule has 7 heteroatoms. The van der Waals surface area contributed by atoms with Crippen LogP contribution in [-0.4, -0.2) is 35.9 Å². The molecule has 20 heavy (non-hydrogen) atoms. The standard InChI is InChI=1S/C13H16N2O4S/c16-13(17)12-7-9-3-1-2-4-10(9)8-15(12)20(18,19)14-11-5-6-11/h1-4,11-12,14H,5-8H2,(H,16,17)/t12-/m1/s1. The molecule has 0 radical (unpaired) electrons. The number of nitrogens with zero attached hydrogens (tertiary/aromatic N) is 1. The average Bonchev–Trinajstić information content (AvgIpc) is 3.20. The van der Waals surface area contributed by atoms with Gasteiger partial charge in [0.2, 0.25) is 0 Å². The fourth-order valence-corrected chi connectivity index (χ4v) is 4.04. The van der Waals surface area contributed by atoms with Crippen molar-refractivity contribution in [2.75, 3.05) is 0 Å². The Morgan fingerprint density at radius 3 is 2.50 bits per heavy atom. The lowest BCUT2D eigenvalue weighted by atomic mass is 9.96. The molecule has 1 aromatic carbocycles. The van der Waals surface area contributed by atoms with E-state index < -0.39 is 22.2 Å². The lowest BCUT2D eigenvalue weighted by Crippen LogP contribution is -2.52. The SMILES string of the molecule is O=C(O)[C@H]1Cc2ccccc2CN1S(=O)(=O)NC1CC1. The van der Waals surface area contributed by atoms with Crippen molar-refractivity contribution in [3.05, 3.63) is 35.4 Å². The van der Waals surface area contributed by atoms with Gasteiger partial charge in [-0.15, -0.1) is 0 Å². The maximum absolute atomic E-state index is 12.3. The van der Waals surface area contributed by atoms with Gasteiger partial charge in [-0.2, -0.15) is 17.4 Å². The van der Waals surface area contributed by atoms with Gasteiger partial charge in [-0.1, -0.05) is 24.3 Å². The molecule has 1 saturated carbocycles. The molecule has 1 heterocycles. The molecule has 1 fully saturated rings. The van der Waals surface area contributed by atoms with Crippen LogP contribution in [0.3, 0.4) is 0 Å². The third-order valence-corrected chi connectivity index (χ3v) is 5.32. The number of hydrogen-bond donors (Lipinski definition) is 2. The summed E-state index contributed by atoms with van der Waals surface area (Å²) in [6.45, 7) is 0.106. The first-order valence-corrected chi connectivity index (χ1v) is 8.00. The number of fused-ring (bicyclic) bond motifs is 1. The van der Waals surface area contributed by atoms with Gasteiger partial charge in [0.1, 0.15) is 6.04 Å². The zero-order valence-corrected chi connectivity index (χ0v) is 11.6. The molecule has 6 nitrogen and oxygen atoms in total. The number of aliphatic carboxylic acids is 1. The fraction of sp³-hybridized carbons (Fsp3) is 0.462. The molecular weight excluding hydrogens is 280 g/mol. The Kier molecular flexibility index (Phi) is 3.27. The van der Waals surface area contributed by atoms with Gasteiger partial charge in [0.05, 0.1) is 0 Å². The van der Waals surface area contributed by atoms with E-state index in [-0.39, 0.29) is 19.0 Å². The molecule has 0 spiro atoms. The van der Waals surface area contributed by atoms with E-state index >= 15 is 0 Å². The van der Waals surface area contributed by atoms with E-state index in [4.69, 9.17) is 0 Å². The summed E-state index contributed by atoms with van der Waals surface area (Å²) in [6.07, 6.45) is 1.85. The molecule has 1 aromatic rings. The molecule has 2 N–H and O–H groups in total. The van der Waals surface area contributed by atoms with Crippen LogP contribution in [0.15, 0.2) is 24.3 Å². The van der Waals surface area contributed by atoms with Crippen LogP contribution in [0.2, 0.25) is 0 Å². The van der Waals surface area contributed by atoms with Gasteiger partial charge in [-0.3, -0.25) is 4.79 Å². The second-order valence-corrected chi connectivity index (χ2v) is 6.92. The number of carboxylic acid groups (broad SMARTS) is 1. The van der Waals surface area contributed by atoms with E-state index in [0.29, 0.717) is 0 Å². The maximum Gasteiger partial charge on any atom is 0.322 e. The van der Waals surface area contributed by atoms with E-state index in [0.717, 1.165) is 28.3 Å². The van der Waals surface area contributed by atoms with Crippen LogP contribution >= 0.6 is 0 Å². The summed E-state index contributed by atoms with van der Waals surface area (Å²) >= 11 is 0. The number of hydrogen-bond acceptors (Lipinski definition) is 3. The third-order valence-electron chi connectivity index (χ3n) is 3.69. The second-order valence-electron chi connectivity index (χ2n) is 5.27. The fourth-order valence-electron chi connectivity index (χ4n) is 2.44. The molecule has 0 aromatic heterocycles. The van der Waals surface area contributed by atoms with Crippen molar-refractivity contribution in [2.45, 2.75) is 37.9 Å². The first-order valence-electron chi connectivity index (χ1n) is 6.56. The molecule has 3 rings (SSSR count). The molecule has 0 unspecified atom stereocenters. The number of benzene rings is 1. The van der Waals surface area contributed by atoms with Crippen molar-refractivity contribution in [2.24, 2.45) is 0 Å². The van der Waals surface area contributed by atoms with Gasteiger partial charge < -0.3 is 5.11 Å². The van der Waals surface area contributed by atoms with E-state index in [2.05, 4.69) is 4.72 Å². The van der Waals surface area contributed by atoms with Gasteiger partial charge in [0.15, 0.2) is 0 Å². The zero-order chi connectivity index (χ0) is 14.3. The van der Waals surface area contributed by atoms with E-state index in [9.17, 15) is 18.3 Å². The van der Waals surface area contributed by atoms with Crippen LogP contribution in [0.4, 0.5) is 0 Å². The first-order chi connectivity index (χ1) is 9.47. The second kappa shape index (κ2) is 4.83. The molecule has 2 aliphatic rings. The van der Waals surface area contributed by atoms with Crippen molar-refractivity contribution in [1.29, 1.82) is 0 Å². The normalized spacial score (nSPS) is 23.3. The summed E-state index contributed by atoms with van der Waals surface area (Å²) in [6, 6.07) is 6.28. The highest BCUT2D eigenvalue weighted by Gasteiger charge is 2.40. The Balaban J connectivity index is 1.93. The molecule has 0 bridgehead atoms. The quantitative estimate of drug-likeness (QED) is 0.847. The van der Waals surface area contributed by atoms with E-state index in [1.807, 2.05) is 24.3 Å². The van der Waals surface area contributed by atoms with Crippen LogP contribution < -0.4 is 4.72 Å². The van der Waals surface area contributed by atoms with Crippen LogP contribution in [0.25, 0.3) is 0 Å². The summed E-state index contributed by atoms with van der Waals surface area (Å²) in [5.41, 5.74) is 1.77. The summed E-state index contributed by atoms with van der Waals surface area (Å²) in [4.78, 5) is 11.4. The number of nitrogens with one attached hydrogen (secondary N) is 1. The first kappa shape index (κ1) is 13.5. The Morgan fingerprint density at radius 2 is 1.90 bits per heavy atom. The molecule has 0 saturated heterocycles. The topological polar surface area (TPSA) is 86.7 Å². The summed E-state index contributed by atoms with van der Waals surface area (Å²) in [7, 11) is -3.75. The van der Waals surface area contributed by atoms with Gasteiger partial charge >= 0.3 is 5.97 Å². The highest BCUT2D eigenvalue weighted by atomic mass is 32.2. The number of rotatable bonds is 4. The van der Waals surface area contributed by atoms with Gasteiger partial charge in [-0.05, 0) is 24.0 Å². The summed E-state index contributed by atoms with van der Waals surface area (Å²) < 4.78 is 28.2. The van der Waals surface area contributed by atoms with Gasteiger partial charge in [-0.25, -0.2) is 0 Å². The van der Waals surface area contributed by atoms with Gasteiger partial charge in [0.25, 0.3) is 10.2 Å². The largest absolute Gasteiger partial charge is 0.480 e. The Hall–Kier alpha value is -1.44. The minimum Gasteiger partial charge on any atom is -0.480 e. The van der Waals surface area contributed by atoms with E-state index in [1.165, 1.54) is 0 Å². The Labute approximate surface area is 117 Å². The molecule has 1 atom stereocenters. The monoisotopic (exact) mass is 296 g/mol. The predicted molar refractivity (Wildman–Crippen MR) is 72.2 cm³/mol. The van der Waals surface area contributed by atoms with Crippen LogP contribution in [0.1, 0.15) is 24.0 Å². The molecular formula is C13H16N2O4S. The molecule has 1 aliphatic heterocycles. The smallest absolute Gasteiger partial charge is 0.322 e. The Bertz CT molecular complexity index is 640. The van der Waals surface area contributed by atoms with Crippen molar-refractivity contribution in [1.82, 2.24) is 9.03 Å². The lowest BCUT2D eigenvalue weighted by Gasteiger charge is -2.33. The third kappa shape index (κ3) is 2.56. The highest BCUT2D eigenvalue weighted by molar-refractivity contribution is 7.87. The Morgan fingerprint density at radius 1 is 1.25 bits per heavy atom. The van der Waals surface area contributed by atoms with E-state index in [1.54, 1.807) is 0 Å². The minimum absolute atomic E-state index is 0.0355. The number of carbonyl (C=O) groups is 1. The van der Waals surface area contributed by atoms with Gasteiger partial charge in [0, 0.05) is 19.0 Å². The predicted octanol–water partition coefficient (Wildman–Crippen LogP) is 0.495. The molecule has 108 valence electrons. The summed E-state index contributed by atoms with van der Waals surface area (Å²) in [5.74, 6) is -1.11. The minimum atomic E-state index is -3.75. The van der Waals surface area contributed by atoms with Crippen LogP contribution in [0.5, 0.6) is 0 Å². The van der Waals surface area contributed by atoms with Crippen molar-refractivity contribution in [3.63, 3.8) is 0 Å². The summed E-state index contributed by atoms with van der Waals surface area (Å²) in [5, 5.41) is 9.31. The van der Waals surface area contributed by atoms with Crippen LogP contribution in [0, 0.1) is 0 Å². The van der Waals surface area contributed by atoms with Crippen LogP contribution in [-0.2, 0) is 28.0 Å². The molecule has 0 amide bonds. The average molecular weight is 296 g/mol. The molecule has 1 aliphatic carbocycles. The number of carboxylic acids is 1. The van der Waals surface area contributed by atoms with Crippen molar-refractivity contribution < 1.29 is 18.3 Å². The maximum atomic E-state index is 12.3. The van der Waals surface area contributed by atoms with Crippen molar-refractivity contribution >= 4 is 16.2 Å². The lowest BCUT2D eigenvalue weighted by molar-refractivity contribution is -0.141. The van der Waals surface area contributed by atoms with Crippen molar-refractivity contribution in [3.8, 4) is 0 Å². The highest BCUT2D eigenvalue weighted by Crippen LogP contribution is 2.27.